The smallest absolute Gasteiger partial charge is 0.241 e. The summed E-state index contributed by atoms with van der Waals surface area (Å²) >= 11 is 0. The van der Waals surface area contributed by atoms with E-state index in [1.807, 2.05) is 6.07 Å². The molecular formula is C9H13N3O2. The Balaban J connectivity index is 2.58. The van der Waals surface area contributed by atoms with Gasteiger partial charge in [-0.1, -0.05) is 0 Å². The van der Waals surface area contributed by atoms with E-state index in [9.17, 15) is 9.59 Å². The molecule has 0 bridgehead atoms. The van der Waals surface area contributed by atoms with E-state index < -0.39 is 17.4 Å². The highest BCUT2D eigenvalue weighted by molar-refractivity contribution is 5.91. The van der Waals surface area contributed by atoms with Crippen LogP contribution in [0.15, 0.2) is 0 Å². The van der Waals surface area contributed by atoms with Crippen molar-refractivity contribution in [2.75, 3.05) is 0 Å². The van der Waals surface area contributed by atoms with E-state index >= 15 is 0 Å². The van der Waals surface area contributed by atoms with Crippen molar-refractivity contribution in [2.24, 2.45) is 11.1 Å². The number of primary amides is 1. The highest BCUT2D eigenvalue weighted by atomic mass is 16.2. The van der Waals surface area contributed by atoms with Crippen molar-refractivity contribution in [1.82, 2.24) is 5.32 Å². The van der Waals surface area contributed by atoms with Crippen LogP contribution < -0.4 is 11.1 Å². The second-order valence-electron chi connectivity index (χ2n) is 3.64. The van der Waals surface area contributed by atoms with E-state index in [0.717, 1.165) is 6.42 Å². The summed E-state index contributed by atoms with van der Waals surface area (Å²) in [5, 5.41) is 11.3. The molecule has 1 aliphatic rings. The van der Waals surface area contributed by atoms with Gasteiger partial charge in [-0.2, -0.15) is 5.26 Å². The molecule has 1 atom stereocenters. The average molecular weight is 195 g/mol. The Kier molecular flexibility index (Phi) is 2.75. The van der Waals surface area contributed by atoms with Crippen LogP contribution in [0.3, 0.4) is 0 Å². The van der Waals surface area contributed by atoms with Gasteiger partial charge in [0, 0.05) is 0 Å². The molecule has 1 saturated carbocycles. The summed E-state index contributed by atoms with van der Waals surface area (Å²) in [4.78, 5) is 22.2. The molecule has 1 rings (SSSR count). The number of hydrogen-bond acceptors (Lipinski definition) is 3. The third-order valence-electron chi connectivity index (χ3n) is 2.63. The van der Waals surface area contributed by atoms with E-state index in [2.05, 4.69) is 5.32 Å². The standard InChI is InChI=1S/C9H13N3O2/c1-6(7(11)13)12-8(14)9(5-10)3-2-4-9/h6H,2-4H2,1H3,(H2,11,13)(H,12,14)/t6-/m0/s1. The van der Waals surface area contributed by atoms with Gasteiger partial charge >= 0.3 is 0 Å². The molecule has 0 radical (unpaired) electrons. The molecule has 0 saturated heterocycles. The average Bonchev–Trinajstić information content (AvgIpc) is 2.02. The molecule has 0 aliphatic heterocycles. The van der Waals surface area contributed by atoms with Gasteiger partial charge in [-0.3, -0.25) is 9.59 Å². The number of nitrogens with two attached hydrogens (primary N) is 1. The third kappa shape index (κ3) is 1.69. The molecule has 0 aromatic carbocycles. The molecule has 5 heteroatoms. The van der Waals surface area contributed by atoms with Crippen molar-refractivity contribution in [3.63, 3.8) is 0 Å². The van der Waals surface area contributed by atoms with Gasteiger partial charge in [-0.15, -0.1) is 0 Å². The van der Waals surface area contributed by atoms with E-state index in [0.29, 0.717) is 12.8 Å². The third-order valence-corrected chi connectivity index (χ3v) is 2.63. The highest BCUT2D eigenvalue weighted by Crippen LogP contribution is 2.40. The van der Waals surface area contributed by atoms with Crippen LogP contribution in [0.25, 0.3) is 0 Å². The molecule has 0 aromatic heterocycles. The Morgan fingerprint density at radius 1 is 1.57 bits per heavy atom. The first-order valence-corrected chi connectivity index (χ1v) is 4.53. The van der Waals surface area contributed by atoms with Crippen LogP contribution in [0.1, 0.15) is 26.2 Å². The quantitative estimate of drug-likeness (QED) is 0.645. The van der Waals surface area contributed by atoms with Crippen LogP contribution in [0, 0.1) is 16.7 Å². The molecule has 76 valence electrons. The summed E-state index contributed by atoms with van der Waals surface area (Å²) < 4.78 is 0. The molecule has 0 aromatic rings. The zero-order valence-corrected chi connectivity index (χ0v) is 8.04. The number of nitrogens with zero attached hydrogens (tertiary/aromatic N) is 1. The highest BCUT2D eigenvalue weighted by Gasteiger charge is 2.45. The number of nitrogens with one attached hydrogen (secondary N) is 1. The first-order chi connectivity index (χ1) is 6.52. The van der Waals surface area contributed by atoms with Crippen molar-refractivity contribution in [2.45, 2.75) is 32.2 Å². The molecule has 1 aliphatic carbocycles. The van der Waals surface area contributed by atoms with Gasteiger partial charge in [0.25, 0.3) is 0 Å². The predicted octanol–water partition coefficient (Wildman–Crippen LogP) is -0.330. The van der Waals surface area contributed by atoms with E-state index in [-0.39, 0.29) is 5.91 Å². The molecular weight excluding hydrogens is 182 g/mol. The van der Waals surface area contributed by atoms with Crippen LogP contribution in [-0.4, -0.2) is 17.9 Å². The molecule has 5 nitrogen and oxygen atoms in total. The number of rotatable bonds is 3. The van der Waals surface area contributed by atoms with E-state index in [4.69, 9.17) is 11.0 Å². The van der Waals surface area contributed by atoms with Gasteiger partial charge in [0.05, 0.1) is 6.07 Å². The molecule has 0 unspecified atom stereocenters. The maximum atomic E-state index is 11.6. The summed E-state index contributed by atoms with van der Waals surface area (Å²) in [6, 6.07) is 1.28. The number of hydrogen-bond donors (Lipinski definition) is 2. The Morgan fingerprint density at radius 3 is 2.43 bits per heavy atom. The van der Waals surface area contributed by atoms with E-state index in [1.165, 1.54) is 6.92 Å². The number of nitriles is 1. The topological polar surface area (TPSA) is 96.0 Å². The fraction of sp³-hybridized carbons (Fsp3) is 0.667. The lowest BCUT2D eigenvalue weighted by atomic mass is 9.69. The summed E-state index contributed by atoms with van der Waals surface area (Å²) in [7, 11) is 0. The van der Waals surface area contributed by atoms with Crippen molar-refractivity contribution >= 4 is 11.8 Å². The zero-order valence-electron chi connectivity index (χ0n) is 8.04. The normalized spacial score (nSPS) is 20.0. The molecule has 0 spiro atoms. The van der Waals surface area contributed by atoms with Crippen LogP contribution in [-0.2, 0) is 9.59 Å². The molecule has 14 heavy (non-hydrogen) atoms. The first kappa shape index (κ1) is 10.5. The van der Waals surface area contributed by atoms with Crippen LogP contribution in [0.5, 0.6) is 0 Å². The molecule has 1 fully saturated rings. The summed E-state index contributed by atoms with van der Waals surface area (Å²) in [6.07, 6.45) is 2.02. The minimum atomic E-state index is -0.913. The monoisotopic (exact) mass is 195 g/mol. The predicted molar refractivity (Wildman–Crippen MR) is 48.7 cm³/mol. The fourth-order valence-electron chi connectivity index (χ4n) is 1.33. The minimum absolute atomic E-state index is 0.377. The summed E-state index contributed by atoms with van der Waals surface area (Å²) in [5.41, 5.74) is 4.08. The Labute approximate surface area is 82.3 Å². The van der Waals surface area contributed by atoms with Gasteiger partial charge in [0.2, 0.25) is 11.8 Å². The molecule has 3 N–H and O–H groups in total. The Hall–Kier alpha value is -1.57. The second-order valence-corrected chi connectivity index (χ2v) is 3.64. The molecule has 2 amide bonds. The largest absolute Gasteiger partial charge is 0.368 e. The maximum Gasteiger partial charge on any atom is 0.241 e. The van der Waals surface area contributed by atoms with Crippen molar-refractivity contribution in [3.8, 4) is 6.07 Å². The fourth-order valence-corrected chi connectivity index (χ4v) is 1.33. The molecule has 0 heterocycles. The first-order valence-electron chi connectivity index (χ1n) is 4.53. The van der Waals surface area contributed by atoms with Gasteiger partial charge < -0.3 is 11.1 Å². The van der Waals surface area contributed by atoms with Crippen LogP contribution in [0.2, 0.25) is 0 Å². The summed E-state index contributed by atoms with van der Waals surface area (Å²) in [5.74, 6) is -0.969. The Morgan fingerprint density at radius 2 is 2.14 bits per heavy atom. The van der Waals surface area contributed by atoms with Crippen molar-refractivity contribution in [1.29, 1.82) is 5.26 Å². The summed E-state index contributed by atoms with van der Waals surface area (Å²) in [6.45, 7) is 1.50. The van der Waals surface area contributed by atoms with Crippen molar-refractivity contribution < 1.29 is 9.59 Å². The second kappa shape index (κ2) is 3.66. The SMILES string of the molecule is C[C@H](NC(=O)C1(C#N)CCC1)C(N)=O. The van der Waals surface area contributed by atoms with Crippen molar-refractivity contribution in [3.05, 3.63) is 0 Å². The number of carbonyl (C=O) groups is 2. The lowest BCUT2D eigenvalue weighted by Crippen LogP contribution is -2.51. The van der Waals surface area contributed by atoms with Crippen LogP contribution >= 0.6 is 0 Å². The van der Waals surface area contributed by atoms with Gasteiger partial charge in [-0.05, 0) is 26.2 Å². The van der Waals surface area contributed by atoms with Gasteiger partial charge in [0.1, 0.15) is 11.5 Å². The number of carbonyl (C=O) groups excluding carboxylic acids is 2. The minimum Gasteiger partial charge on any atom is -0.368 e. The maximum absolute atomic E-state index is 11.6. The zero-order chi connectivity index (χ0) is 10.8. The number of amides is 2. The van der Waals surface area contributed by atoms with E-state index in [1.54, 1.807) is 0 Å². The van der Waals surface area contributed by atoms with Gasteiger partial charge in [-0.25, -0.2) is 0 Å². The lowest BCUT2D eigenvalue weighted by molar-refractivity contribution is -0.135. The lowest BCUT2D eigenvalue weighted by Gasteiger charge is -2.33. The van der Waals surface area contributed by atoms with Crippen LogP contribution in [0.4, 0.5) is 0 Å². The van der Waals surface area contributed by atoms with Gasteiger partial charge in [0.15, 0.2) is 0 Å². The Bertz CT molecular complexity index is 302.